The van der Waals surface area contributed by atoms with E-state index in [9.17, 15) is 17.6 Å². The summed E-state index contributed by atoms with van der Waals surface area (Å²) in [7, 11) is -4.17. The molecular weight excluding hydrogens is 486 g/mol. The summed E-state index contributed by atoms with van der Waals surface area (Å²) in [5.74, 6) is -1.21. The van der Waals surface area contributed by atoms with Crippen molar-refractivity contribution in [3.63, 3.8) is 0 Å². The maximum Gasteiger partial charge on any atom is 0.243 e. The van der Waals surface area contributed by atoms with Crippen LogP contribution in [0.1, 0.15) is 23.6 Å². The summed E-state index contributed by atoms with van der Waals surface area (Å²) in [6.45, 7) is 2.86. The van der Waals surface area contributed by atoms with E-state index in [1.165, 1.54) is 42.5 Å². The van der Waals surface area contributed by atoms with Gasteiger partial charge in [-0.2, -0.15) is 4.31 Å². The molecule has 0 aliphatic heterocycles. The molecule has 0 saturated heterocycles. The Kier molecular flexibility index (Phi) is 8.13. The molecule has 3 rings (SSSR count). The van der Waals surface area contributed by atoms with Crippen molar-refractivity contribution in [3.8, 4) is 0 Å². The number of halogens is 3. The number of hydrogen-bond acceptors (Lipinski definition) is 3. The number of nitrogens with one attached hydrogen (secondary N) is 1. The van der Waals surface area contributed by atoms with E-state index in [4.69, 9.17) is 23.2 Å². The zero-order valence-corrected chi connectivity index (χ0v) is 20.4. The molecule has 0 bridgehead atoms. The molecule has 5 nitrogen and oxygen atoms in total. The first kappa shape index (κ1) is 25.2. The number of sulfonamides is 1. The number of benzene rings is 3. The van der Waals surface area contributed by atoms with Gasteiger partial charge < -0.3 is 5.32 Å². The van der Waals surface area contributed by atoms with Crippen LogP contribution in [0, 0.1) is 12.7 Å². The monoisotopic (exact) mass is 508 g/mol. The Morgan fingerprint density at radius 3 is 2.33 bits per heavy atom. The van der Waals surface area contributed by atoms with Crippen molar-refractivity contribution < 1.29 is 17.6 Å². The minimum absolute atomic E-state index is 0.0188. The van der Waals surface area contributed by atoms with E-state index >= 15 is 0 Å². The zero-order valence-electron chi connectivity index (χ0n) is 18.1. The van der Waals surface area contributed by atoms with Gasteiger partial charge in [-0.1, -0.05) is 54.4 Å². The first-order chi connectivity index (χ1) is 15.6. The molecule has 0 fully saturated rings. The molecule has 0 aliphatic carbocycles. The van der Waals surface area contributed by atoms with E-state index in [1.807, 2.05) is 32.0 Å². The summed E-state index contributed by atoms with van der Waals surface area (Å²) >= 11 is 12.0. The fraction of sp³-hybridized carbons (Fsp3) is 0.208. The van der Waals surface area contributed by atoms with E-state index < -0.39 is 34.8 Å². The lowest BCUT2D eigenvalue weighted by molar-refractivity contribution is -0.116. The van der Waals surface area contributed by atoms with Crippen molar-refractivity contribution in [3.05, 3.63) is 93.2 Å². The number of aryl methyl sites for hydroxylation is 2. The Balaban J connectivity index is 1.97. The summed E-state index contributed by atoms with van der Waals surface area (Å²) in [6.07, 6.45) is 0.689. The standard InChI is InChI=1S/C24H23Cl2FN2O3S/c1-3-17-7-4-6-16(2)24(17)28-23(30)15-29(14-20-21(26)8-5-9-22(20)27)33(31,32)19-12-10-18(25)11-13-19/h4-13H,3,14-15H2,1-2H3,(H,28,30). The predicted octanol–water partition coefficient (Wildman–Crippen LogP) is 5.83. The summed E-state index contributed by atoms with van der Waals surface area (Å²) < 4.78 is 42.1. The van der Waals surface area contributed by atoms with Crippen molar-refractivity contribution in [2.45, 2.75) is 31.7 Å². The number of rotatable bonds is 8. The summed E-state index contributed by atoms with van der Waals surface area (Å²) in [5, 5.41) is 3.25. The van der Waals surface area contributed by atoms with Gasteiger partial charge >= 0.3 is 0 Å². The highest BCUT2D eigenvalue weighted by atomic mass is 35.5. The molecule has 1 N–H and O–H groups in total. The topological polar surface area (TPSA) is 66.5 Å². The number of nitrogens with zero attached hydrogens (tertiary/aromatic N) is 1. The average molecular weight is 509 g/mol. The third-order valence-electron chi connectivity index (χ3n) is 5.17. The minimum atomic E-state index is -4.17. The van der Waals surface area contributed by atoms with Crippen molar-refractivity contribution >= 4 is 44.8 Å². The second-order valence-corrected chi connectivity index (χ2v) is 10.2. The fourth-order valence-corrected chi connectivity index (χ4v) is 5.10. The quantitative estimate of drug-likeness (QED) is 0.416. The molecule has 3 aromatic carbocycles. The lowest BCUT2D eigenvalue weighted by Gasteiger charge is -2.23. The van der Waals surface area contributed by atoms with E-state index in [-0.39, 0.29) is 15.5 Å². The van der Waals surface area contributed by atoms with E-state index in [0.29, 0.717) is 17.1 Å². The van der Waals surface area contributed by atoms with Crippen LogP contribution in [0.2, 0.25) is 10.0 Å². The van der Waals surface area contributed by atoms with Crippen LogP contribution in [0.25, 0.3) is 0 Å². The van der Waals surface area contributed by atoms with E-state index in [1.54, 1.807) is 0 Å². The van der Waals surface area contributed by atoms with Crippen molar-refractivity contribution in [2.24, 2.45) is 0 Å². The average Bonchev–Trinajstić information content (AvgIpc) is 2.77. The lowest BCUT2D eigenvalue weighted by atomic mass is 10.1. The Morgan fingerprint density at radius 1 is 1.03 bits per heavy atom. The van der Waals surface area contributed by atoms with Crippen LogP contribution in [-0.4, -0.2) is 25.2 Å². The third kappa shape index (κ3) is 5.92. The van der Waals surface area contributed by atoms with Gasteiger partial charge in [-0.3, -0.25) is 4.79 Å². The van der Waals surface area contributed by atoms with Gasteiger partial charge in [0.15, 0.2) is 0 Å². The third-order valence-corrected chi connectivity index (χ3v) is 7.58. The number of amides is 1. The number of carbonyl (C=O) groups excluding carboxylic acids is 1. The first-order valence-electron chi connectivity index (χ1n) is 10.2. The number of carbonyl (C=O) groups is 1. The fourth-order valence-electron chi connectivity index (χ4n) is 3.38. The summed E-state index contributed by atoms with van der Waals surface area (Å²) in [5.41, 5.74) is 2.40. The molecule has 0 spiro atoms. The van der Waals surface area contributed by atoms with Gasteiger partial charge in [0.2, 0.25) is 15.9 Å². The predicted molar refractivity (Wildman–Crippen MR) is 130 cm³/mol. The SMILES string of the molecule is CCc1cccc(C)c1NC(=O)CN(Cc1c(F)cccc1Cl)S(=O)(=O)c1ccc(Cl)cc1. The number of hydrogen-bond donors (Lipinski definition) is 1. The Morgan fingerprint density at radius 2 is 1.70 bits per heavy atom. The van der Waals surface area contributed by atoms with Gasteiger partial charge in [-0.25, -0.2) is 12.8 Å². The highest BCUT2D eigenvalue weighted by molar-refractivity contribution is 7.89. The van der Waals surface area contributed by atoms with Gasteiger partial charge in [0.05, 0.1) is 11.4 Å². The van der Waals surface area contributed by atoms with Crippen molar-refractivity contribution in [1.82, 2.24) is 4.31 Å². The smallest absolute Gasteiger partial charge is 0.243 e. The summed E-state index contributed by atoms with van der Waals surface area (Å²) in [6, 6.07) is 15.3. The lowest BCUT2D eigenvalue weighted by Crippen LogP contribution is -2.38. The van der Waals surface area contributed by atoms with Crippen molar-refractivity contribution in [1.29, 1.82) is 0 Å². The molecule has 0 aromatic heterocycles. The van der Waals surface area contributed by atoms with Gasteiger partial charge in [-0.05, 0) is 60.9 Å². The van der Waals surface area contributed by atoms with Gasteiger partial charge in [0.25, 0.3) is 0 Å². The second-order valence-electron chi connectivity index (χ2n) is 7.44. The second kappa shape index (κ2) is 10.7. The van der Waals surface area contributed by atoms with Crippen LogP contribution in [0.5, 0.6) is 0 Å². The highest BCUT2D eigenvalue weighted by Gasteiger charge is 2.29. The van der Waals surface area contributed by atoms with Gasteiger partial charge in [0.1, 0.15) is 5.82 Å². The number of para-hydroxylation sites is 1. The van der Waals surface area contributed by atoms with E-state index in [0.717, 1.165) is 15.4 Å². The minimum Gasteiger partial charge on any atom is -0.324 e. The van der Waals surface area contributed by atoms with Crippen LogP contribution >= 0.6 is 23.2 Å². The first-order valence-corrected chi connectivity index (χ1v) is 12.4. The molecule has 33 heavy (non-hydrogen) atoms. The van der Waals surface area contributed by atoms with Crippen LogP contribution in [-0.2, 0) is 27.8 Å². The van der Waals surface area contributed by atoms with Gasteiger partial charge in [-0.15, -0.1) is 0 Å². The van der Waals surface area contributed by atoms with Crippen LogP contribution in [0.3, 0.4) is 0 Å². The molecule has 0 saturated carbocycles. The molecule has 0 heterocycles. The molecule has 174 valence electrons. The van der Waals surface area contributed by atoms with Crippen LogP contribution < -0.4 is 5.32 Å². The molecule has 0 aliphatic rings. The number of anilines is 1. The molecular formula is C24H23Cl2FN2O3S. The van der Waals surface area contributed by atoms with Crippen LogP contribution in [0.15, 0.2) is 65.6 Å². The summed E-state index contributed by atoms with van der Waals surface area (Å²) in [4.78, 5) is 12.9. The zero-order chi connectivity index (χ0) is 24.2. The van der Waals surface area contributed by atoms with Crippen LogP contribution in [0.4, 0.5) is 10.1 Å². The molecule has 3 aromatic rings. The van der Waals surface area contributed by atoms with E-state index in [2.05, 4.69) is 5.32 Å². The normalized spacial score (nSPS) is 11.6. The Bertz CT molecular complexity index is 1240. The van der Waals surface area contributed by atoms with Gasteiger partial charge in [0, 0.05) is 27.8 Å². The van der Waals surface area contributed by atoms with Crippen molar-refractivity contribution in [2.75, 3.05) is 11.9 Å². The largest absolute Gasteiger partial charge is 0.324 e. The molecule has 0 atom stereocenters. The molecule has 0 radical (unpaired) electrons. The Hall–Kier alpha value is -2.45. The molecule has 9 heteroatoms. The Labute approximate surface area is 203 Å². The maximum absolute atomic E-state index is 14.5. The maximum atomic E-state index is 14.5. The molecule has 0 unspecified atom stereocenters. The molecule has 1 amide bonds. The highest BCUT2D eigenvalue weighted by Crippen LogP contribution is 2.26.